The molecule has 16 heavy (non-hydrogen) atoms. The minimum Gasteiger partial charge on any atom is -0.419 e. The molecule has 0 saturated carbocycles. The summed E-state index contributed by atoms with van der Waals surface area (Å²) in [6, 6.07) is 0. The minimum absolute atomic E-state index is 1.05. The maximum atomic E-state index is 11.6. The van der Waals surface area contributed by atoms with Gasteiger partial charge < -0.3 is 14.2 Å². The zero-order valence-electron chi connectivity index (χ0n) is 8.84. The van der Waals surface area contributed by atoms with Gasteiger partial charge in [-0.25, -0.2) is 9.59 Å². The third kappa shape index (κ3) is 1.55. The van der Waals surface area contributed by atoms with Crippen molar-refractivity contribution in [2.24, 2.45) is 0 Å². The Morgan fingerprint density at radius 2 is 1.75 bits per heavy atom. The number of carbonyl (C=O) groups excluding carboxylic acids is 2. The molecule has 0 aromatic rings. The molecule has 2 fully saturated rings. The fourth-order valence-corrected chi connectivity index (χ4v) is 1.22. The lowest BCUT2D eigenvalue weighted by molar-refractivity contribution is -0.363. The zero-order valence-corrected chi connectivity index (χ0v) is 8.84. The molecule has 0 bridgehead atoms. The molecule has 0 radical (unpaired) electrons. The number of ether oxygens (including phenoxy) is 4. The Kier molecular flexibility index (Phi) is 2.39. The molecule has 90 valence electrons. The predicted octanol–water partition coefficient (Wildman–Crippen LogP) is -0.573. The van der Waals surface area contributed by atoms with E-state index in [4.69, 9.17) is 14.2 Å². The largest absolute Gasteiger partial charge is 0.419 e. The van der Waals surface area contributed by atoms with Crippen molar-refractivity contribution in [3.8, 4) is 0 Å². The summed E-state index contributed by atoms with van der Waals surface area (Å²) < 4.78 is 19.1. The van der Waals surface area contributed by atoms with Gasteiger partial charge >= 0.3 is 24.2 Å². The molecule has 0 aromatic heterocycles. The summed E-state index contributed by atoms with van der Waals surface area (Å²) in [7, 11) is 1.25. The van der Waals surface area contributed by atoms with Crippen LogP contribution in [0.4, 0.5) is 0 Å². The van der Waals surface area contributed by atoms with Crippen LogP contribution >= 0.6 is 0 Å². The molecule has 0 amide bonds. The van der Waals surface area contributed by atoms with Crippen molar-refractivity contribution in [1.29, 1.82) is 0 Å². The highest BCUT2D eigenvalue weighted by Gasteiger charge is 2.65. The highest BCUT2D eigenvalue weighted by Crippen LogP contribution is 2.35. The van der Waals surface area contributed by atoms with Gasteiger partial charge in [0.2, 0.25) is 0 Å². The third-order valence-electron chi connectivity index (χ3n) is 1.91. The smallest absolute Gasteiger partial charge is 0.401 e. The van der Waals surface area contributed by atoms with Crippen molar-refractivity contribution in [3.05, 3.63) is 0 Å². The van der Waals surface area contributed by atoms with Gasteiger partial charge in [-0.15, -0.1) is 0 Å². The number of hydrogen-bond acceptors (Lipinski definition) is 8. The highest BCUT2D eigenvalue weighted by atomic mass is 17.3. The number of methoxy groups -OCH3 is 1. The third-order valence-corrected chi connectivity index (χ3v) is 1.91. The summed E-state index contributed by atoms with van der Waals surface area (Å²) in [4.78, 5) is 32.2. The van der Waals surface area contributed by atoms with Crippen LogP contribution < -0.4 is 0 Å². The summed E-state index contributed by atoms with van der Waals surface area (Å²) in [6.07, 6.45) is 0. The number of cyclic esters (lactones) is 2. The highest BCUT2D eigenvalue weighted by molar-refractivity contribution is 6.03. The molecule has 0 aromatic carbocycles. The Morgan fingerprint density at radius 1 is 1.19 bits per heavy atom. The number of rotatable bonds is 1. The quantitative estimate of drug-likeness (QED) is 0.338. The van der Waals surface area contributed by atoms with E-state index in [0.29, 0.717) is 0 Å². The minimum atomic E-state index is -2.35. The molecule has 2 heterocycles. The summed E-state index contributed by atoms with van der Waals surface area (Å²) in [5, 5.41) is 0. The lowest BCUT2D eigenvalue weighted by Crippen LogP contribution is -2.59. The Labute approximate surface area is 90.2 Å². The fourth-order valence-electron chi connectivity index (χ4n) is 1.22. The Bertz CT molecular complexity index is 315. The van der Waals surface area contributed by atoms with Crippen LogP contribution in [0.3, 0.4) is 0 Å². The molecule has 0 N–H and O–H groups in total. The molecule has 0 unspecified atom stereocenters. The predicted molar refractivity (Wildman–Crippen MR) is 43.0 cm³/mol. The maximum Gasteiger partial charge on any atom is 0.401 e. The van der Waals surface area contributed by atoms with E-state index in [9.17, 15) is 9.59 Å². The topological polar surface area (TPSA) is 89.5 Å². The molecule has 2 aliphatic heterocycles. The van der Waals surface area contributed by atoms with E-state index in [1.54, 1.807) is 0 Å². The van der Waals surface area contributed by atoms with Gasteiger partial charge in [-0.2, -0.15) is 9.78 Å². The molecule has 8 heteroatoms. The van der Waals surface area contributed by atoms with E-state index >= 15 is 0 Å². The number of esters is 2. The van der Waals surface area contributed by atoms with E-state index in [1.165, 1.54) is 21.0 Å². The normalized spacial score (nSPS) is 31.3. The first-order valence-corrected chi connectivity index (χ1v) is 4.42. The summed E-state index contributed by atoms with van der Waals surface area (Å²) in [5.74, 6) is -5.81. The fraction of sp³-hybridized carbons (Fsp3) is 0.750. The Morgan fingerprint density at radius 3 is 2.19 bits per heavy atom. The molecule has 8 nitrogen and oxygen atoms in total. The van der Waals surface area contributed by atoms with Crippen molar-refractivity contribution >= 4 is 11.9 Å². The van der Waals surface area contributed by atoms with Crippen molar-refractivity contribution in [1.82, 2.24) is 0 Å². The van der Waals surface area contributed by atoms with E-state index in [2.05, 4.69) is 14.5 Å². The van der Waals surface area contributed by atoms with Gasteiger partial charge in [0.25, 0.3) is 5.79 Å². The molecule has 0 aliphatic carbocycles. The van der Waals surface area contributed by atoms with Gasteiger partial charge in [0.15, 0.2) is 0 Å². The molecule has 2 aliphatic rings. The van der Waals surface area contributed by atoms with E-state index in [0.717, 1.165) is 0 Å². The van der Waals surface area contributed by atoms with Crippen molar-refractivity contribution in [2.45, 2.75) is 31.9 Å². The van der Waals surface area contributed by atoms with Gasteiger partial charge in [-0.3, -0.25) is 4.74 Å². The van der Waals surface area contributed by atoms with Gasteiger partial charge in [-0.05, 0) is 0 Å². The first-order chi connectivity index (χ1) is 7.39. The van der Waals surface area contributed by atoms with Gasteiger partial charge in [0.05, 0.1) is 0 Å². The van der Waals surface area contributed by atoms with Gasteiger partial charge in [0, 0.05) is 21.0 Å². The second-order valence-electron chi connectivity index (χ2n) is 3.62. The molecule has 1 atom stereocenters. The summed E-state index contributed by atoms with van der Waals surface area (Å²) >= 11 is 0. The van der Waals surface area contributed by atoms with Gasteiger partial charge in [-0.1, -0.05) is 0 Å². The lowest BCUT2D eigenvalue weighted by atomic mass is 10.2. The van der Waals surface area contributed by atoms with Crippen molar-refractivity contribution in [2.75, 3.05) is 7.11 Å². The molecular formula is C8H10O8. The van der Waals surface area contributed by atoms with Crippen molar-refractivity contribution in [3.63, 3.8) is 0 Å². The maximum absolute atomic E-state index is 11.6. The number of carbonyl (C=O) groups is 2. The average Bonchev–Trinajstić information content (AvgIpc) is 2.59. The van der Waals surface area contributed by atoms with Crippen LogP contribution in [0.2, 0.25) is 0 Å². The molecular weight excluding hydrogens is 224 g/mol. The summed E-state index contributed by atoms with van der Waals surface area (Å²) in [6.45, 7) is 1.51. The van der Waals surface area contributed by atoms with E-state index in [-0.39, 0.29) is 0 Å². The Hall–Kier alpha value is -1.22. The Balaban J connectivity index is 2.23. The second-order valence-corrected chi connectivity index (χ2v) is 3.62. The van der Waals surface area contributed by atoms with Crippen LogP contribution in [0.1, 0.15) is 13.8 Å². The molecule has 2 saturated heterocycles. The van der Waals surface area contributed by atoms with Gasteiger partial charge in [0.1, 0.15) is 0 Å². The van der Waals surface area contributed by atoms with E-state index < -0.39 is 30.0 Å². The van der Waals surface area contributed by atoms with Crippen LogP contribution in [0, 0.1) is 0 Å². The average molecular weight is 234 g/mol. The first kappa shape index (κ1) is 11.3. The SMILES string of the molecule is CO[C@H]1OOC2(O1)C(=O)OC(C)(C)OC2=O. The monoisotopic (exact) mass is 234 g/mol. The second kappa shape index (κ2) is 3.39. The molecule has 1 spiro atoms. The summed E-state index contributed by atoms with van der Waals surface area (Å²) in [5.41, 5.74) is 0. The zero-order chi connectivity index (χ0) is 12.0. The molecule has 2 rings (SSSR count). The van der Waals surface area contributed by atoms with Crippen LogP contribution in [0.25, 0.3) is 0 Å². The number of hydrogen-bond donors (Lipinski definition) is 0. The van der Waals surface area contributed by atoms with E-state index in [1.807, 2.05) is 0 Å². The first-order valence-electron chi connectivity index (χ1n) is 4.42. The van der Waals surface area contributed by atoms with Crippen molar-refractivity contribution < 1.29 is 38.3 Å². The van der Waals surface area contributed by atoms with Crippen LogP contribution in [0.5, 0.6) is 0 Å². The van der Waals surface area contributed by atoms with Crippen LogP contribution in [0.15, 0.2) is 0 Å². The van der Waals surface area contributed by atoms with Crippen LogP contribution in [-0.4, -0.2) is 37.1 Å². The standard InChI is InChI=1S/C8H10O8/c1-7(2)12-4(9)8(5(10)13-7)14-6(11-3)15-16-8/h6H,1-3H3/t6-/m1/s1. The lowest BCUT2D eigenvalue weighted by Gasteiger charge is -2.35. The van der Waals surface area contributed by atoms with Crippen LogP contribution in [-0.2, 0) is 38.3 Å².